The first-order chi connectivity index (χ1) is 7.77. The number of halogens is 1. The summed E-state index contributed by atoms with van der Waals surface area (Å²) in [4.78, 5) is 4.33. The SMILES string of the molecule is CC#CCCC(NCC)c1ccc(Cl)cn1. The van der Waals surface area contributed by atoms with Gasteiger partial charge < -0.3 is 5.32 Å². The van der Waals surface area contributed by atoms with E-state index in [0.29, 0.717) is 5.02 Å². The first-order valence-corrected chi connectivity index (χ1v) is 5.90. The van der Waals surface area contributed by atoms with Crippen LogP contribution in [0.2, 0.25) is 5.02 Å². The van der Waals surface area contributed by atoms with E-state index in [0.717, 1.165) is 25.1 Å². The number of pyridine rings is 1. The highest BCUT2D eigenvalue weighted by Crippen LogP contribution is 2.17. The maximum atomic E-state index is 5.81. The molecule has 1 N–H and O–H groups in total. The lowest BCUT2D eigenvalue weighted by molar-refractivity contribution is 0.511. The monoisotopic (exact) mass is 236 g/mol. The Morgan fingerprint density at radius 3 is 2.88 bits per heavy atom. The van der Waals surface area contributed by atoms with Crippen LogP contribution in [0.15, 0.2) is 18.3 Å². The maximum Gasteiger partial charge on any atom is 0.0589 e. The molecule has 0 radical (unpaired) electrons. The number of hydrogen-bond acceptors (Lipinski definition) is 2. The van der Waals surface area contributed by atoms with Crippen LogP contribution in [0.1, 0.15) is 38.4 Å². The highest BCUT2D eigenvalue weighted by atomic mass is 35.5. The predicted octanol–water partition coefficient (Wildman–Crippen LogP) is 3.19. The Labute approximate surface area is 102 Å². The zero-order valence-corrected chi connectivity index (χ0v) is 10.5. The highest BCUT2D eigenvalue weighted by molar-refractivity contribution is 6.30. The molecule has 0 aliphatic heterocycles. The topological polar surface area (TPSA) is 24.9 Å². The summed E-state index contributed by atoms with van der Waals surface area (Å²) in [5, 5.41) is 4.08. The summed E-state index contributed by atoms with van der Waals surface area (Å²) in [6, 6.07) is 4.11. The minimum atomic E-state index is 0.267. The van der Waals surface area contributed by atoms with Gasteiger partial charge in [0, 0.05) is 12.6 Å². The summed E-state index contributed by atoms with van der Waals surface area (Å²) in [6.07, 6.45) is 3.55. The normalized spacial score (nSPS) is 11.7. The molecule has 1 rings (SSSR count). The lowest BCUT2D eigenvalue weighted by Crippen LogP contribution is -2.21. The Balaban J connectivity index is 2.67. The molecule has 0 bridgehead atoms. The molecule has 1 atom stereocenters. The van der Waals surface area contributed by atoms with Gasteiger partial charge in [0.2, 0.25) is 0 Å². The average molecular weight is 237 g/mol. The van der Waals surface area contributed by atoms with Crippen molar-refractivity contribution in [3.05, 3.63) is 29.0 Å². The van der Waals surface area contributed by atoms with Crippen LogP contribution in [0.5, 0.6) is 0 Å². The van der Waals surface area contributed by atoms with E-state index in [4.69, 9.17) is 11.6 Å². The van der Waals surface area contributed by atoms with Crippen molar-refractivity contribution >= 4 is 11.6 Å². The molecule has 1 aromatic rings. The summed E-state index contributed by atoms with van der Waals surface area (Å²) in [5.74, 6) is 5.98. The standard InChI is InChI=1S/C13H17ClN2/c1-3-5-6-7-12(15-4-2)13-9-8-11(14)10-16-13/h8-10,12,15H,4,6-7H2,1-2H3. The Morgan fingerprint density at radius 1 is 1.50 bits per heavy atom. The zero-order valence-electron chi connectivity index (χ0n) is 9.76. The van der Waals surface area contributed by atoms with E-state index in [9.17, 15) is 0 Å². The van der Waals surface area contributed by atoms with Gasteiger partial charge in [-0.25, -0.2) is 0 Å². The number of hydrogen-bond donors (Lipinski definition) is 1. The largest absolute Gasteiger partial charge is 0.309 e. The second kappa shape index (κ2) is 7.27. The van der Waals surface area contributed by atoms with Crippen molar-refractivity contribution in [2.45, 2.75) is 32.7 Å². The fourth-order valence-corrected chi connectivity index (χ4v) is 1.65. The minimum absolute atomic E-state index is 0.267. The quantitative estimate of drug-likeness (QED) is 0.795. The van der Waals surface area contributed by atoms with Crippen LogP contribution in [-0.4, -0.2) is 11.5 Å². The van der Waals surface area contributed by atoms with Crippen molar-refractivity contribution in [2.24, 2.45) is 0 Å². The van der Waals surface area contributed by atoms with Crippen LogP contribution < -0.4 is 5.32 Å². The summed E-state index contributed by atoms with van der Waals surface area (Å²) in [5.41, 5.74) is 1.03. The zero-order chi connectivity index (χ0) is 11.8. The molecule has 0 spiro atoms. The van der Waals surface area contributed by atoms with Gasteiger partial charge in [0.05, 0.1) is 16.8 Å². The van der Waals surface area contributed by atoms with Crippen LogP contribution in [-0.2, 0) is 0 Å². The van der Waals surface area contributed by atoms with Crippen LogP contribution in [0.25, 0.3) is 0 Å². The second-order valence-corrected chi connectivity index (χ2v) is 3.91. The summed E-state index contributed by atoms with van der Waals surface area (Å²) >= 11 is 5.81. The van der Waals surface area contributed by atoms with Gasteiger partial charge in [-0.15, -0.1) is 11.8 Å². The second-order valence-electron chi connectivity index (χ2n) is 3.48. The molecule has 1 aromatic heterocycles. The molecule has 86 valence electrons. The Kier molecular flexibility index (Phi) is 5.92. The Morgan fingerprint density at radius 2 is 2.31 bits per heavy atom. The van der Waals surface area contributed by atoms with Crippen LogP contribution in [0.4, 0.5) is 0 Å². The van der Waals surface area contributed by atoms with Gasteiger partial charge in [0.1, 0.15) is 0 Å². The van der Waals surface area contributed by atoms with Gasteiger partial charge in [-0.3, -0.25) is 4.98 Å². The molecule has 3 heteroatoms. The number of nitrogens with one attached hydrogen (secondary N) is 1. The molecular weight excluding hydrogens is 220 g/mol. The van der Waals surface area contributed by atoms with E-state index in [-0.39, 0.29) is 6.04 Å². The number of rotatable bonds is 5. The van der Waals surface area contributed by atoms with Crippen molar-refractivity contribution in [1.82, 2.24) is 10.3 Å². The van der Waals surface area contributed by atoms with Gasteiger partial charge in [-0.2, -0.15) is 0 Å². The van der Waals surface area contributed by atoms with Gasteiger partial charge in [-0.1, -0.05) is 18.5 Å². The molecule has 0 aliphatic carbocycles. The molecular formula is C13H17ClN2. The fourth-order valence-electron chi connectivity index (χ4n) is 1.54. The predicted molar refractivity (Wildman–Crippen MR) is 68.3 cm³/mol. The third-order valence-corrected chi connectivity index (χ3v) is 2.52. The van der Waals surface area contributed by atoms with Crippen molar-refractivity contribution in [1.29, 1.82) is 0 Å². The van der Waals surface area contributed by atoms with Crippen molar-refractivity contribution in [2.75, 3.05) is 6.54 Å². The molecule has 1 heterocycles. The summed E-state index contributed by atoms with van der Waals surface area (Å²) < 4.78 is 0. The van der Waals surface area contributed by atoms with Gasteiger partial charge in [0.15, 0.2) is 0 Å². The molecule has 0 amide bonds. The molecule has 0 saturated heterocycles. The number of aromatic nitrogens is 1. The van der Waals surface area contributed by atoms with Crippen molar-refractivity contribution < 1.29 is 0 Å². The van der Waals surface area contributed by atoms with Crippen molar-refractivity contribution in [3.63, 3.8) is 0 Å². The molecule has 0 aliphatic rings. The molecule has 0 saturated carbocycles. The first kappa shape index (κ1) is 13.0. The molecule has 16 heavy (non-hydrogen) atoms. The van der Waals surface area contributed by atoms with E-state index in [1.807, 2.05) is 19.1 Å². The van der Waals surface area contributed by atoms with E-state index < -0.39 is 0 Å². The average Bonchev–Trinajstić information content (AvgIpc) is 2.29. The van der Waals surface area contributed by atoms with Gasteiger partial charge in [0.25, 0.3) is 0 Å². The van der Waals surface area contributed by atoms with Crippen LogP contribution >= 0.6 is 11.6 Å². The maximum absolute atomic E-state index is 5.81. The molecule has 0 aromatic carbocycles. The lowest BCUT2D eigenvalue weighted by Gasteiger charge is -2.15. The molecule has 2 nitrogen and oxygen atoms in total. The summed E-state index contributed by atoms with van der Waals surface area (Å²) in [7, 11) is 0. The van der Waals surface area contributed by atoms with Crippen LogP contribution in [0.3, 0.4) is 0 Å². The molecule has 1 unspecified atom stereocenters. The van der Waals surface area contributed by atoms with E-state index in [2.05, 4.69) is 29.1 Å². The lowest BCUT2D eigenvalue weighted by atomic mass is 10.1. The minimum Gasteiger partial charge on any atom is -0.309 e. The van der Waals surface area contributed by atoms with Crippen LogP contribution in [0, 0.1) is 11.8 Å². The number of nitrogens with zero attached hydrogens (tertiary/aromatic N) is 1. The smallest absolute Gasteiger partial charge is 0.0589 e. The highest BCUT2D eigenvalue weighted by Gasteiger charge is 2.10. The third-order valence-electron chi connectivity index (χ3n) is 2.29. The summed E-state index contributed by atoms with van der Waals surface area (Å²) in [6.45, 7) is 4.88. The first-order valence-electron chi connectivity index (χ1n) is 5.52. The Hall–Kier alpha value is -1.04. The van der Waals surface area contributed by atoms with E-state index in [1.165, 1.54) is 0 Å². The third kappa shape index (κ3) is 4.22. The Bertz CT molecular complexity index is 362. The van der Waals surface area contributed by atoms with E-state index in [1.54, 1.807) is 6.20 Å². The van der Waals surface area contributed by atoms with Gasteiger partial charge in [-0.05, 0) is 32.0 Å². The van der Waals surface area contributed by atoms with Crippen molar-refractivity contribution in [3.8, 4) is 11.8 Å². The van der Waals surface area contributed by atoms with Gasteiger partial charge >= 0.3 is 0 Å². The molecule has 0 fully saturated rings. The van der Waals surface area contributed by atoms with E-state index >= 15 is 0 Å². The fraction of sp³-hybridized carbons (Fsp3) is 0.462.